The van der Waals surface area contributed by atoms with Crippen LogP contribution in [-0.2, 0) is 14.4 Å². The zero-order valence-electron chi connectivity index (χ0n) is 9.54. The summed E-state index contributed by atoms with van der Waals surface area (Å²) >= 11 is 4.53. The lowest BCUT2D eigenvalue weighted by molar-refractivity contribution is -0.139. The molecule has 0 saturated heterocycles. The zero-order valence-corrected chi connectivity index (χ0v) is 10.4. The molecule has 17 heavy (non-hydrogen) atoms. The molecule has 96 valence electrons. The molecule has 0 aromatic heterocycles. The molecule has 0 aliphatic heterocycles. The van der Waals surface area contributed by atoms with Crippen molar-refractivity contribution in [2.45, 2.75) is 13.3 Å². The third kappa shape index (κ3) is 8.14. The highest BCUT2D eigenvalue weighted by Gasteiger charge is 2.12. The third-order valence-electron chi connectivity index (χ3n) is 1.64. The van der Waals surface area contributed by atoms with E-state index in [1.165, 1.54) is 0 Å². The van der Waals surface area contributed by atoms with Crippen molar-refractivity contribution in [2.75, 3.05) is 19.6 Å². The van der Waals surface area contributed by atoms with E-state index in [0.29, 0.717) is 6.54 Å². The summed E-state index contributed by atoms with van der Waals surface area (Å²) in [5.74, 6) is -1.82. The highest BCUT2D eigenvalue weighted by atomic mass is 32.1. The van der Waals surface area contributed by atoms with Crippen LogP contribution >= 0.6 is 12.2 Å². The summed E-state index contributed by atoms with van der Waals surface area (Å²) in [5.41, 5.74) is 5.15. The Morgan fingerprint density at radius 1 is 1.12 bits per heavy atom. The first-order valence-corrected chi connectivity index (χ1v) is 5.49. The molecule has 0 atom stereocenters. The molecule has 0 heterocycles. The number of nitrogens with one attached hydrogen (secondary N) is 3. The number of nitrogens with two attached hydrogens (primary N) is 1. The smallest absolute Gasteiger partial charge is 0.309 e. The van der Waals surface area contributed by atoms with Crippen molar-refractivity contribution in [2.24, 2.45) is 5.73 Å². The molecule has 0 rings (SSSR count). The number of thiocarbonyl (C=S) groups is 1. The van der Waals surface area contributed by atoms with E-state index in [2.05, 4.69) is 28.2 Å². The Morgan fingerprint density at radius 2 is 1.71 bits per heavy atom. The molecule has 0 saturated carbocycles. The van der Waals surface area contributed by atoms with Gasteiger partial charge in [0.2, 0.25) is 5.91 Å². The van der Waals surface area contributed by atoms with E-state index in [9.17, 15) is 14.4 Å². The Hall–Kier alpha value is -1.70. The molecule has 3 amide bonds. The van der Waals surface area contributed by atoms with E-state index >= 15 is 0 Å². The molecule has 0 radical (unpaired) electrons. The van der Waals surface area contributed by atoms with Gasteiger partial charge in [-0.15, -0.1) is 0 Å². The second kappa shape index (κ2) is 8.45. The second-order valence-electron chi connectivity index (χ2n) is 3.11. The third-order valence-corrected chi connectivity index (χ3v) is 1.79. The van der Waals surface area contributed by atoms with Crippen molar-refractivity contribution in [1.82, 2.24) is 16.0 Å². The lowest BCUT2D eigenvalue weighted by Gasteiger charge is -2.05. The summed E-state index contributed by atoms with van der Waals surface area (Å²) in [6, 6.07) is 0. The molecule has 0 aromatic carbocycles. The standard InChI is InChI=1S/C9H16N4O3S/c1-2-11-7(14)3-4-12-8(15)9(16)13-5-6(10)17/h2-5H2,1H3,(H2,10,17)(H,11,14)(H,12,15)(H,13,16). The van der Waals surface area contributed by atoms with E-state index in [1.807, 2.05) is 0 Å². The lowest BCUT2D eigenvalue weighted by atomic mass is 10.4. The first-order chi connectivity index (χ1) is 7.97. The highest BCUT2D eigenvalue weighted by Crippen LogP contribution is 1.78. The minimum absolute atomic E-state index is 0.0299. The number of rotatable bonds is 6. The Morgan fingerprint density at radius 3 is 2.24 bits per heavy atom. The SMILES string of the molecule is CCNC(=O)CCNC(=O)C(=O)NCC(N)=S. The molecule has 5 N–H and O–H groups in total. The van der Waals surface area contributed by atoms with Crippen LogP contribution in [0.3, 0.4) is 0 Å². The summed E-state index contributed by atoms with van der Waals surface area (Å²) in [4.78, 5) is 33.4. The van der Waals surface area contributed by atoms with Gasteiger partial charge in [-0.25, -0.2) is 0 Å². The fourth-order valence-electron chi connectivity index (χ4n) is 0.903. The summed E-state index contributed by atoms with van der Waals surface area (Å²) < 4.78 is 0. The van der Waals surface area contributed by atoms with Gasteiger partial charge in [0.15, 0.2) is 0 Å². The summed E-state index contributed by atoms with van der Waals surface area (Å²) in [6.45, 7) is 2.39. The van der Waals surface area contributed by atoms with Gasteiger partial charge in [-0.3, -0.25) is 14.4 Å². The van der Waals surface area contributed by atoms with Crippen LogP contribution in [0.4, 0.5) is 0 Å². The van der Waals surface area contributed by atoms with E-state index in [-0.39, 0.29) is 30.4 Å². The Bertz CT molecular complexity index is 319. The van der Waals surface area contributed by atoms with Crippen molar-refractivity contribution >= 4 is 34.9 Å². The van der Waals surface area contributed by atoms with Gasteiger partial charge in [0.1, 0.15) is 0 Å². The fourth-order valence-corrected chi connectivity index (χ4v) is 0.975. The number of carbonyl (C=O) groups is 3. The van der Waals surface area contributed by atoms with Crippen molar-refractivity contribution in [1.29, 1.82) is 0 Å². The van der Waals surface area contributed by atoms with E-state index < -0.39 is 11.8 Å². The van der Waals surface area contributed by atoms with Crippen LogP contribution in [0.1, 0.15) is 13.3 Å². The molecule has 0 aliphatic rings. The first kappa shape index (κ1) is 15.3. The minimum atomic E-state index is -0.825. The van der Waals surface area contributed by atoms with Crippen LogP contribution < -0.4 is 21.7 Å². The van der Waals surface area contributed by atoms with Crippen molar-refractivity contribution in [3.63, 3.8) is 0 Å². The summed E-state index contributed by atoms with van der Waals surface area (Å²) in [5, 5.41) is 7.09. The molecular formula is C9H16N4O3S. The average molecular weight is 260 g/mol. The Kier molecular flexibility index (Phi) is 7.61. The molecule has 0 bridgehead atoms. The predicted molar refractivity (Wildman–Crippen MR) is 66.1 cm³/mol. The van der Waals surface area contributed by atoms with Gasteiger partial charge in [-0.1, -0.05) is 12.2 Å². The van der Waals surface area contributed by atoms with E-state index in [0.717, 1.165) is 0 Å². The van der Waals surface area contributed by atoms with E-state index in [4.69, 9.17) is 5.73 Å². The topological polar surface area (TPSA) is 113 Å². The lowest BCUT2D eigenvalue weighted by Crippen LogP contribution is -2.43. The highest BCUT2D eigenvalue weighted by molar-refractivity contribution is 7.80. The van der Waals surface area contributed by atoms with Crippen LogP contribution in [0.15, 0.2) is 0 Å². The molecule has 0 aliphatic carbocycles. The maximum absolute atomic E-state index is 11.2. The zero-order chi connectivity index (χ0) is 13.3. The second-order valence-corrected chi connectivity index (χ2v) is 3.63. The van der Waals surface area contributed by atoms with Gasteiger partial charge in [-0.05, 0) is 6.92 Å². The summed E-state index contributed by atoms with van der Waals surface area (Å²) in [7, 11) is 0. The van der Waals surface area contributed by atoms with Crippen molar-refractivity contribution in [3.8, 4) is 0 Å². The van der Waals surface area contributed by atoms with Gasteiger partial charge in [0.25, 0.3) is 0 Å². The first-order valence-electron chi connectivity index (χ1n) is 5.08. The normalized spacial score (nSPS) is 9.24. The monoisotopic (exact) mass is 260 g/mol. The molecule has 0 aromatic rings. The predicted octanol–water partition coefficient (Wildman–Crippen LogP) is -1.97. The van der Waals surface area contributed by atoms with Gasteiger partial charge >= 0.3 is 11.8 Å². The van der Waals surface area contributed by atoms with E-state index in [1.54, 1.807) is 6.92 Å². The van der Waals surface area contributed by atoms with Gasteiger partial charge in [0.05, 0.1) is 11.5 Å². The molecule has 7 nitrogen and oxygen atoms in total. The average Bonchev–Trinajstić information content (AvgIpc) is 2.25. The Balaban J connectivity index is 3.74. The molecule has 0 fully saturated rings. The molecule has 0 spiro atoms. The van der Waals surface area contributed by atoms with Crippen LogP contribution in [0.25, 0.3) is 0 Å². The maximum atomic E-state index is 11.2. The Labute approximate surface area is 104 Å². The quantitative estimate of drug-likeness (QED) is 0.327. The summed E-state index contributed by atoms with van der Waals surface area (Å²) in [6.07, 6.45) is 0.127. The van der Waals surface area contributed by atoms with Gasteiger partial charge in [-0.2, -0.15) is 0 Å². The van der Waals surface area contributed by atoms with Gasteiger partial charge in [0, 0.05) is 19.5 Å². The number of hydrogen-bond acceptors (Lipinski definition) is 4. The molecule has 8 heteroatoms. The largest absolute Gasteiger partial charge is 0.392 e. The molecular weight excluding hydrogens is 244 g/mol. The van der Waals surface area contributed by atoms with Crippen LogP contribution in [0, 0.1) is 0 Å². The van der Waals surface area contributed by atoms with Crippen LogP contribution in [-0.4, -0.2) is 42.3 Å². The van der Waals surface area contributed by atoms with Gasteiger partial charge < -0.3 is 21.7 Å². The van der Waals surface area contributed by atoms with Crippen LogP contribution in [0.2, 0.25) is 0 Å². The minimum Gasteiger partial charge on any atom is -0.392 e. The molecule has 0 unspecified atom stereocenters. The number of amides is 3. The number of carbonyl (C=O) groups excluding carboxylic acids is 3. The fraction of sp³-hybridized carbons (Fsp3) is 0.556. The van der Waals surface area contributed by atoms with Crippen LogP contribution in [0.5, 0.6) is 0 Å². The van der Waals surface area contributed by atoms with Crippen molar-refractivity contribution in [3.05, 3.63) is 0 Å². The number of hydrogen-bond donors (Lipinski definition) is 4. The van der Waals surface area contributed by atoms with Crippen molar-refractivity contribution < 1.29 is 14.4 Å². The maximum Gasteiger partial charge on any atom is 0.309 e.